The van der Waals surface area contributed by atoms with Gasteiger partial charge in [0, 0.05) is 0 Å². The highest BCUT2D eigenvalue weighted by molar-refractivity contribution is 5.99. The molecule has 0 spiro atoms. The molecule has 2 aromatic carbocycles. The van der Waals surface area contributed by atoms with Gasteiger partial charge in [-0.25, -0.2) is 4.79 Å². The second-order valence-electron chi connectivity index (χ2n) is 7.82. The molecule has 29 heavy (non-hydrogen) atoms. The molecule has 2 amide bonds. The normalized spacial score (nSPS) is 22.1. The van der Waals surface area contributed by atoms with E-state index in [1.165, 1.54) is 22.3 Å². The number of nitrogens with zero attached hydrogens (tertiary/aromatic N) is 4. The minimum Gasteiger partial charge on any atom is -0.372 e. The average Bonchev–Trinajstić information content (AvgIpc) is 3.11. The van der Waals surface area contributed by atoms with E-state index in [0.29, 0.717) is 19.0 Å². The van der Waals surface area contributed by atoms with Crippen molar-refractivity contribution in [3.8, 4) is 0 Å². The number of carbonyl (C=O) groups is 1. The highest BCUT2D eigenvalue weighted by atomic mass is 16.5. The number of hydrogen-bond donors (Lipinski definition) is 0. The topological polar surface area (TPSA) is 66.6 Å². The third-order valence-electron chi connectivity index (χ3n) is 5.39. The lowest BCUT2D eigenvalue weighted by molar-refractivity contribution is -0.0479. The molecular weight excluding hydrogens is 364 g/mol. The van der Waals surface area contributed by atoms with Crippen LogP contribution in [0, 0.1) is 13.8 Å². The van der Waals surface area contributed by atoms with Gasteiger partial charge in [-0.2, -0.15) is 4.99 Å². The smallest absolute Gasteiger partial charge is 0.372 e. The van der Waals surface area contributed by atoms with E-state index < -0.39 is 6.03 Å². The average molecular weight is 390 g/mol. The maximum atomic E-state index is 11.3. The molecule has 1 fully saturated rings. The summed E-state index contributed by atoms with van der Waals surface area (Å²) in [6, 6.07) is 16.5. The van der Waals surface area contributed by atoms with Crippen molar-refractivity contribution in [3.05, 3.63) is 70.8 Å². The third kappa shape index (κ3) is 4.83. The van der Waals surface area contributed by atoms with Crippen molar-refractivity contribution in [2.75, 3.05) is 13.1 Å². The molecule has 150 valence electrons. The first-order chi connectivity index (χ1) is 14.1. The van der Waals surface area contributed by atoms with Crippen molar-refractivity contribution in [2.24, 2.45) is 15.2 Å². The van der Waals surface area contributed by atoms with Crippen LogP contribution >= 0.6 is 0 Å². The summed E-state index contributed by atoms with van der Waals surface area (Å²) in [5, 5.41) is 7.44. The number of ether oxygens (including phenoxy) is 1. The molecule has 6 heteroatoms. The number of likely N-dealkylation sites (tertiary alicyclic amines) is 1. The van der Waals surface area contributed by atoms with Gasteiger partial charge in [0.2, 0.25) is 0 Å². The summed E-state index contributed by atoms with van der Waals surface area (Å²) >= 11 is 0. The van der Waals surface area contributed by atoms with Crippen LogP contribution in [0.2, 0.25) is 0 Å². The molecule has 0 N–H and O–H groups in total. The monoisotopic (exact) mass is 390 g/mol. The second kappa shape index (κ2) is 8.76. The predicted octanol–water partition coefficient (Wildman–Crippen LogP) is 5.01. The van der Waals surface area contributed by atoms with Crippen LogP contribution in [0.1, 0.15) is 41.1 Å². The van der Waals surface area contributed by atoms with Crippen molar-refractivity contribution in [2.45, 2.75) is 45.4 Å². The Labute approximate surface area is 171 Å². The van der Waals surface area contributed by atoms with Crippen molar-refractivity contribution >= 4 is 11.9 Å². The summed E-state index contributed by atoms with van der Waals surface area (Å²) in [6.07, 6.45) is 2.08. The summed E-state index contributed by atoms with van der Waals surface area (Å²) in [7, 11) is 0. The van der Waals surface area contributed by atoms with Gasteiger partial charge in [0.05, 0.1) is 25.3 Å². The molecule has 2 heterocycles. The number of urea groups is 1. The molecule has 0 aliphatic carbocycles. The van der Waals surface area contributed by atoms with E-state index >= 15 is 0 Å². The first-order valence-corrected chi connectivity index (χ1v) is 10.1. The Hall–Kier alpha value is -2.70. The van der Waals surface area contributed by atoms with Gasteiger partial charge in [-0.15, -0.1) is 5.11 Å². The highest BCUT2D eigenvalue weighted by Gasteiger charge is 2.34. The van der Waals surface area contributed by atoms with Crippen LogP contribution in [0.25, 0.3) is 0 Å². The Balaban J connectivity index is 1.54. The molecule has 1 saturated heterocycles. The Morgan fingerprint density at radius 3 is 2.52 bits per heavy atom. The van der Waals surface area contributed by atoms with Crippen LogP contribution < -0.4 is 0 Å². The third-order valence-corrected chi connectivity index (χ3v) is 5.39. The Morgan fingerprint density at radius 2 is 1.83 bits per heavy atom. The molecular formula is C23H26N4O2. The van der Waals surface area contributed by atoms with E-state index in [1.54, 1.807) is 0 Å². The zero-order chi connectivity index (χ0) is 20.2. The number of amides is 2. The molecule has 0 unspecified atom stereocenters. The molecule has 0 aromatic heterocycles. The van der Waals surface area contributed by atoms with Crippen molar-refractivity contribution in [1.29, 1.82) is 0 Å². The van der Waals surface area contributed by atoms with Gasteiger partial charge in [0.1, 0.15) is 0 Å². The van der Waals surface area contributed by atoms with Crippen molar-refractivity contribution in [3.63, 3.8) is 0 Å². The van der Waals surface area contributed by atoms with Crippen LogP contribution in [0.15, 0.2) is 63.8 Å². The summed E-state index contributed by atoms with van der Waals surface area (Å²) in [5.41, 5.74) is 4.91. The summed E-state index contributed by atoms with van der Waals surface area (Å²) in [6.45, 7) is 6.22. The predicted molar refractivity (Wildman–Crippen MR) is 112 cm³/mol. The van der Waals surface area contributed by atoms with Gasteiger partial charge in [0.15, 0.2) is 5.84 Å². The Kier molecular flexibility index (Phi) is 5.92. The fourth-order valence-corrected chi connectivity index (χ4v) is 4.32. The van der Waals surface area contributed by atoms with Gasteiger partial charge in [-0.1, -0.05) is 64.8 Å². The number of carbonyl (C=O) groups excluding carboxylic acids is 1. The lowest BCUT2D eigenvalue weighted by atomic mass is 9.92. The summed E-state index contributed by atoms with van der Waals surface area (Å²) in [4.78, 5) is 17.6. The van der Waals surface area contributed by atoms with Gasteiger partial charge in [-0.05, 0) is 44.4 Å². The van der Waals surface area contributed by atoms with E-state index in [-0.39, 0.29) is 12.1 Å². The van der Waals surface area contributed by atoms with Gasteiger partial charge in [0.25, 0.3) is 0 Å². The van der Waals surface area contributed by atoms with E-state index in [1.807, 2.05) is 6.07 Å². The molecule has 0 bridgehead atoms. The number of azo groups is 1. The van der Waals surface area contributed by atoms with Crippen molar-refractivity contribution in [1.82, 2.24) is 4.90 Å². The molecule has 0 radical (unpaired) electrons. The second-order valence-corrected chi connectivity index (χ2v) is 7.82. The first-order valence-electron chi connectivity index (χ1n) is 10.1. The summed E-state index contributed by atoms with van der Waals surface area (Å²) in [5.74, 6) is 0.478. The maximum Gasteiger partial charge on any atom is 0.387 e. The molecule has 2 aliphatic rings. The quantitative estimate of drug-likeness (QED) is 0.696. The van der Waals surface area contributed by atoms with Gasteiger partial charge in [-0.3, -0.25) is 4.90 Å². The van der Waals surface area contributed by atoms with E-state index in [9.17, 15) is 4.79 Å². The van der Waals surface area contributed by atoms with Gasteiger partial charge < -0.3 is 4.74 Å². The number of piperidine rings is 1. The largest absolute Gasteiger partial charge is 0.387 e. The fourth-order valence-electron chi connectivity index (χ4n) is 4.32. The molecule has 0 saturated carbocycles. The van der Waals surface area contributed by atoms with Crippen molar-refractivity contribution < 1.29 is 9.53 Å². The van der Waals surface area contributed by atoms with E-state index in [4.69, 9.17) is 4.74 Å². The van der Waals surface area contributed by atoms with Crippen LogP contribution in [0.5, 0.6) is 0 Å². The Bertz CT molecular complexity index is 919. The zero-order valence-corrected chi connectivity index (χ0v) is 16.9. The number of aryl methyl sites for hydroxylation is 2. The number of amidine groups is 1. The van der Waals surface area contributed by atoms with Crippen LogP contribution in [-0.4, -0.2) is 36.0 Å². The SMILES string of the molecule is Cc1cc(C)cc(CO[C@@H]2CCCN(CC3=NC(=O)N=N3)[C@@H]2c2ccccc2)c1. The molecule has 2 aromatic rings. The zero-order valence-electron chi connectivity index (χ0n) is 16.9. The van der Waals surface area contributed by atoms with Gasteiger partial charge >= 0.3 is 6.03 Å². The number of rotatable bonds is 6. The molecule has 2 aliphatic heterocycles. The Morgan fingerprint density at radius 1 is 1.07 bits per heavy atom. The van der Waals surface area contributed by atoms with E-state index in [0.717, 1.165) is 19.4 Å². The molecule has 4 rings (SSSR count). The number of benzene rings is 2. The van der Waals surface area contributed by atoms with Crippen LogP contribution in [-0.2, 0) is 11.3 Å². The maximum absolute atomic E-state index is 11.3. The van der Waals surface area contributed by atoms with Crippen LogP contribution in [0.3, 0.4) is 0 Å². The van der Waals surface area contributed by atoms with Crippen LogP contribution in [0.4, 0.5) is 4.79 Å². The van der Waals surface area contributed by atoms with E-state index in [2.05, 4.69) is 76.4 Å². The minimum atomic E-state index is -0.518. The summed E-state index contributed by atoms with van der Waals surface area (Å²) < 4.78 is 6.46. The number of aliphatic imine (C=N–C) groups is 1. The molecule has 2 atom stereocenters. The molecule has 6 nitrogen and oxygen atoms in total. The first kappa shape index (κ1) is 19.6. The standard InChI is InChI=1S/C23H26N4O2/c1-16-11-17(2)13-18(12-16)15-29-20-9-6-10-27(14-21-24-23(28)26-25-21)22(20)19-7-4-3-5-8-19/h3-5,7-8,11-13,20,22H,6,9-10,14-15H2,1-2H3/t20-,22-/m1/s1. The highest BCUT2D eigenvalue weighted by Crippen LogP contribution is 2.34. The lowest BCUT2D eigenvalue weighted by Crippen LogP contribution is -2.44. The minimum absolute atomic E-state index is 0.0570. The number of hydrogen-bond acceptors (Lipinski definition) is 4. The fraction of sp³-hybridized carbons (Fsp3) is 0.391. The lowest BCUT2D eigenvalue weighted by Gasteiger charge is -2.41.